The number of hydrogen-bond donors (Lipinski definition) is 1. The molecule has 0 aliphatic carbocycles. The molecule has 3 heterocycles. The van der Waals surface area contributed by atoms with Crippen molar-refractivity contribution >= 4 is 51.7 Å². The zero-order chi connectivity index (χ0) is 23.5. The topological polar surface area (TPSA) is 58.1 Å². The van der Waals surface area contributed by atoms with Crippen molar-refractivity contribution in [2.24, 2.45) is 0 Å². The van der Waals surface area contributed by atoms with Gasteiger partial charge in [-0.1, -0.05) is 24.1 Å². The summed E-state index contributed by atoms with van der Waals surface area (Å²) in [5.41, 5.74) is 5.95. The fourth-order valence-corrected chi connectivity index (χ4v) is 5.53. The van der Waals surface area contributed by atoms with Crippen molar-refractivity contribution in [1.29, 1.82) is 0 Å². The highest BCUT2D eigenvalue weighted by Gasteiger charge is 2.17. The largest absolute Gasteiger partial charge is 0.322 e. The SMILES string of the molecule is Cc1ccc(NC(=O)c2ccc(N3CCCCCS3)cc2Cl)cc1-c1nccc2ncccc12. The van der Waals surface area contributed by atoms with E-state index < -0.39 is 0 Å². The third kappa shape index (κ3) is 4.74. The maximum absolute atomic E-state index is 13.1. The monoisotopic (exact) mass is 488 g/mol. The van der Waals surface area contributed by atoms with Crippen LogP contribution in [0.4, 0.5) is 11.4 Å². The Morgan fingerprint density at radius 3 is 2.82 bits per heavy atom. The van der Waals surface area contributed by atoms with Crippen molar-refractivity contribution in [3.8, 4) is 11.3 Å². The number of halogens is 1. The minimum Gasteiger partial charge on any atom is -0.322 e. The van der Waals surface area contributed by atoms with Crippen molar-refractivity contribution in [2.45, 2.75) is 26.2 Å². The lowest BCUT2D eigenvalue weighted by atomic mass is 10.0. The number of nitrogens with zero attached hydrogens (tertiary/aromatic N) is 3. The smallest absolute Gasteiger partial charge is 0.257 e. The predicted octanol–water partition coefficient (Wildman–Crippen LogP) is 7.15. The Bertz CT molecular complexity index is 1350. The molecule has 0 unspecified atom stereocenters. The Labute approximate surface area is 208 Å². The van der Waals surface area contributed by atoms with Crippen LogP contribution >= 0.6 is 23.5 Å². The van der Waals surface area contributed by atoms with Crippen LogP contribution < -0.4 is 9.62 Å². The summed E-state index contributed by atoms with van der Waals surface area (Å²) in [5, 5.41) is 4.43. The minimum atomic E-state index is -0.234. The molecular weight excluding hydrogens is 464 g/mol. The molecule has 2 aromatic carbocycles. The average Bonchev–Trinajstić information content (AvgIpc) is 3.14. The minimum absolute atomic E-state index is 0.234. The number of fused-ring (bicyclic) bond motifs is 1. The first-order valence-electron chi connectivity index (χ1n) is 11.4. The van der Waals surface area contributed by atoms with E-state index in [1.165, 1.54) is 19.3 Å². The van der Waals surface area contributed by atoms with Gasteiger partial charge in [0, 0.05) is 47.0 Å². The van der Waals surface area contributed by atoms with Crippen LogP contribution in [0.2, 0.25) is 5.02 Å². The van der Waals surface area contributed by atoms with E-state index in [9.17, 15) is 4.79 Å². The molecule has 7 heteroatoms. The summed E-state index contributed by atoms with van der Waals surface area (Å²) >= 11 is 8.38. The number of anilines is 2. The Balaban J connectivity index is 1.40. The van der Waals surface area contributed by atoms with Crippen LogP contribution in [0.15, 0.2) is 67.0 Å². The first-order chi connectivity index (χ1) is 16.6. The lowest BCUT2D eigenvalue weighted by Gasteiger charge is -2.21. The van der Waals surface area contributed by atoms with Gasteiger partial charge >= 0.3 is 0 Å². The Morgan fingerprint density at radius 1 is 1.03 bits per heavy atom. The molecule has 1 aliphatic rings. The molecule has 0 saturated carbocycles. The summed E-state index contributed by atoms with van der Waals surface area (Å²) < 4.78 is 2.28. The summed E-state index contributed by atoms with van der Waals surface area (Å²) in [6.45, 7) is 3.03. The molecule has 0 bridgehead atoms. The highest BCUT2D eigenvalue weighted by molar-refractivity contribution is 8.00. The molecule has 5 nitrogen and oxygen atoms in total. The number of benzene rings is 2. The lowest BCUT2D eigenvalue weighted by Crippen LogP contribution is -2.16. The van der Waals surface area contributed by atoms with Crippen LogP contribution in [0.5, 0.6) is 0 Å². The molecule has 34 heavy (non-hydrogen) atoms. The summed E-state index contributed by atoms with van der Waals surface area (Å²) in [4.78, 5) is 22.1. The Morgan fingerprint density at radius 2 is 1.94 bits per heavy atom. The second-order valence-corrected chi connectivity index (χ2v) is 9.89. The van der Waals surface area contributed by atoms with Gasteiger partial charge in [0.1, 0.15) is 0 Å². The van der Waals surface area contributed by atoms with Crippen molar-refractivity contribution in [3.05, 3.63) is 83.1 Å². The van der Waals surface area contributed by atoms with E-state index in [0.29, 0.717) is 16.3 Å². The molecule has 1 fully saturated rings. The van der Waals surface area contributed by atoms with E-state index in [4.69, 9.17) is 11.6 Å². The predicted molar refractivity (Wildman–Crippen MR) is 143 cm³/mol. The molecule has 0 atom stereocenters. The summed E-state index contributed by atoms with van der Waals surface area (Å²) in [6, 6.07) is 17.3. The van der Waals surface area contributed by atoms with E-state index in [2.05, 4.69) is 19.6 Å². The van der Waals surface area contributed by atoms with Gasteiger partial charge in [0.2, 0.25) is 0 Å². The van der Waals surface area contributed by atoms with E-state index in [0.717, 1.165) is 45.7 Å². The maximum Gasteiger partial charge on any atom is 0.257 e. The Hall–Kier alpha value is -3.09. The van der Waals surface area contributed by atoms with E-state index in [1.54, 1.807) is 12.4 Å². The highest BCUT2D eigenvalue weighted by atomic mass is 35.5. The molecule has 1 saturated heterocycles. The van der Waals surface area contributed by atoms with Gasteiger partial charge in [-0.25, -0.2) is 0 Å². The van der Waals surface area contributed by atoms with E-state index >= 15 is 0 Å². The van der Waals surface area contributed by atoms with Crippen molar-refractivity contribution in [2.75, 3.05) is 21.9 Å². The number of pyridine rings is 2. The second-order valence-electron chi connectivity index (χ2n) is 8.37. The zero-order valence-electron chi connectivity index (χ0n) is 18.9. The highest BCUT2D eigenvalue weighted by Crippen LogP contribution is 2.32. The lowest BCUT2D eigenvalue weighted by molar-refractivity contribution is 0.102. The number of aromatic nitrogens is 2. The average molecular weight is 489 g/mol. The molecule has 0 spiro atoms. The number of aryl methyl sites for hydroxylation is 1. The van der Waals surface area contributed by atoms with Gasteiger partial charge in [-0.3, -0.25) is 14.8 Å². The summed E-state index contributed by atoms with van der Waals surface area (Å²) in [6.07, 6.45) is 7.19. The molecule has 4 aromatic rings. The quantitative estimate of drug-likeness (QED) is 0.309. The van der Waals surface area contributed by atoms with Gasteiger partial charge in [0.15, 0.2) is 0 Å². The van der Waals surface area contributed by atoms with Crippen molar-refractivity contribution in [1.82, 2.24) is 9.97 Å². The third-order valence-electron chi connectivity index (χ3n) is 6.02. The molecule has 2 aromatic heterocycles. The molecular formula is C27H25ClN4OS. The van der Waals surface area contributed by atoms with Gasteiger partial charge in [-0.15, -0.1) is 0 Å². The fourth-order valence-electron chi connectivity index (χ4n) is 4.19. The van der Waals surface area contributed by atoms with E-state index in [1.807, 2.05) is 73.5 Å². The zero-order valence-corrected chi connectivity index (χ0v) is 20.5. The molecule has 1 aliphatic heterocycles. The molecule has 1 N–H and O–H groups in total. The molecule has 1 amide bonds. The standard InChI is InChI=1S/C27H25ClN4OS/c1-18-7-8-19(16-23(18)26-22-6-5-12-29-25(22)11-13-30-26)31-27(33)21-10-9-20(17-24(21)28)32-14-3-2-4-15-34-32/h5-13,16-17H,2-4,14-15H2,1H3,(H,31,33). The number of carbonyl (C=O) groups excluding carboxylic acids is 1. The number of nitrogens with one attached hydrogen (secondary N) is 1. The number of carbonyl (C=O) groups is 1. The fraction of sp³-hybridized carbons (Fsp3) is 0.222. The number of hydrogen-bond acceptors (Lipinski definition) is 5. The first-order valence-corrected chi connectivity index (χ1v) is 12.7. The molecule has 5 rings (SSSR count). The van der Waals surface area contributed by atoms with Gasteiger partial charge in [-0.05, 0) is 85.8 Å². The van der Waals surface area contributed by atoms with E-state index in [-0.39, 0.29) is 5.91 Å². The van der Waals surface area contributed by atoms with Crippen LogP contribution in [0.3, 0.4) is 0 Å². The maximum atomic E-state index is 13.1. The second kappa shape index (κ2) is 10.0. The number of rotatable bonds is 4. The van der Waals surface area contributed by atoms with Crippen LogP contribution in [0.25, 0.3) is 22.2 Å². The first kappa shape index (κ1) is 22.7. The third-order valence-corrected chi connectivity index (χ3v) is 7.51. The van der Waals surface area contributed by atoms with Gasteiger partial charge < -0.3 is 9.62 Å². The number of amides is 1. The molecule has 172 valence electrons. The van der Waals surface area contributed by atoms with Crippen molar-refractivity contribution in [3.63, 3.8) is 0 Å². The van der Waals surface area contributed by atoms with Gasteiger partial charge in [0.05, 0.1) is 21.8 Å². The van der Waals surface area contributed by atoms with Gasteiger partial charge in [-0.2, -0.15) is 0 Å². The molecule has 0 radical (unpaired) electrons. The van der Waals surface area contributed by atoms with Gasteiger partial charge in [0.25, 0.3) is 5.91 Å². The van der Waals surface area contributed by atoms with Crippen LogP contribution in [-0.2, 0) is 0 Å². The van der Waals surface area contributed by atoms with Crippen LogP contribution in [0, 0.1) is 6.92 Å². The van der Waals surface area contributed by atoms with Crippen molar-refractivity contribution < 1.29 is 4.79 Å². The Kier molecular flexibility index (Phi) is 6.70. The summed E-state index contributed by atoms with van der Waals surface area (Å²) in [5.74, 6) is 0.874. The normalized spacial score (nSPS) is 14.1. The van der Waals surface area contributed by atoms with Crippen LogP contribution in [-0.4, -0.2) is 28.2 Å². The van der Waals surface area contributed by atoms with Crippen LogP contribution in [0.1, 0.15) is 35.2 Å². The summed E-state index contributed by atoms with van der Waals surface area (Å²) in [7, 11) is 0.